The maximum absolute atomic E-state index is 12.5. The molecular weight excluding hydrogens is 324 g/mol. The first-order valence-electron chi connectivity index (χ1n) is 3.66. The topological polar surface area (TPSA) is 91.7 Å². The normalized spacial score (nSPS) is 15.4. The highest BCUT2D eigenvalue weighted by atomic mass is 32.2. The van der Waals surface area contributed by atoms with Crippen molar-refractivity contribution in [1.29, 1.82) is 0 Å². The molecule has 0 aromatic carbocycles. The Morgan fingerprint density at radius 3 is 1.37 bits per heavy atom. The van der Waals surface area contributed by atoms with Crippen LogP contribution in [-0.4, -0.2) is 47.1 Å². The van der Waals surface area contributed by atoms with Crippen molar-refractivity contribution in [3.8, 4) is 0 Å². The molecule has 0 saturated carbocycles. The lowest BCUT2D eigenvalue weighted by Gasteiger charge is -2.33. The van der Waals surface area contributed by atoms with Gasteiger partial charge in [-0.15, -0.1) is 0 Å². The van der Waals surface area contributed by atoms with Crippen LogP contribution in [0, 0.1) is 0 Å². The Morgan fingerprint density at radius 1 is 0.842 bits per heavy atom. The van der Waals surface area contributed by atoms with Crippen LogP contribution in [0.1, 0.15) is 0 Å². The third-order valence-electron chi connectivity index (χ3n) is 1.75. The summed E-state index contributed by atoms with van der Waals surface area (Å²) < 4.78 is 127. The number of carboxylic acids is 1. The standard InChI is InChI=1S/C5H2F8O5S/c6-2(7,1(14)15)3(8,9)4(10,11)5(12,13)19(16,17)18/h(H,14,15)(H,16,17,18). The van der Waals surface area contributed by atoms with Crippen LogP contribution in [0.3, 0.4) is 0 Å². The summed E-state index contributed by atoms with van der Waals surface area (Å²) in [5.41, 5.74) is 0. The summed E-state index contributed by atoms with van der Waals surface area (Å²) in [6.45, 7) is 0. The summed E-state index contributed by atoms with van der Waals surface area (Å²) in [7, 11) is -7.22. The molecule has 2 N–H and O–H groups in total. The molecule has 5 nitrogen and oxygen atoms in total. The first-order chi connectivity index (χ1) is 7.94. The monoisotopic (exact) mass is 326 g/mol. The van der Waals surface area contributed by atoms with Crippen LogP contribution in [-0.2, 0) is 14.9 Å². The molecule has 0 aromatic heterocycles. The van der Waals surface area contributed by atoms with E-state index in [1.807, 2.05) is 0 Å². The molecule has 0 rings (SSSR count). The van der Waals surface area contributed by atoms with Gasteiger partial charge in [0, 0.05) is 0 Å². The second kappa shape index (κ2) is 4.16. The van der Waals surface area contributed by atoms with Crippen molar-refractivity contribution in [2.45, 2.75) is 23.0 Å². The van der Waals surface area contributed by atoms with Gasteiger partial charge in [0.05, 0.1) is 0 Å². The van der Waals surface area contributed by atoms with Crippen LogP contribution in [0.2, 0.25) is 0 Å². The van der Waals surface area contributed by atoms with Gasteiger partial charge in [-0.05, 0) is 0 Å². The van der Waals surface area contributed by atoms with Gasteiger partial charge in [0.15, 0.2) is 0 Å². The van der Waals surface area contributed by atoms with E-state index in [9.17, 15) is 48.3 Å². The van der Waals surface area contributed by atoms with Gasteiger partial charge in [-0.2, -0.15) is 43.5 Å². The molecule has 0 bridgehead atoms. The van der Waals surface area contributed by atoms with Gasteiger partial charge in [-0.3, -0.25) is 4.55 Å². The van der Waals surface area contributed by atoms with Crippen LogP contribution >= 0.6 is 0 Å². The third-order valence-corrected chi connectivity index (χ3v) is 2.65. The second-order valence-electron chi connectivity index (χ2n) is 3.02. The average molecular weight is 326 g/mol. The summed E-state index contributed by atoms with van der Waals surface area (Å²) in [6, 6.07) is 0. The quantitative estimate of drug-likeness (QED) is 0.589. The summed E-state index contributed by atoms with van der Waals surface area (Å²) in [5, 5.41) is 0.549. The van der Waals surface area contributed by atoms with Gasteiger partial charge in [-0.25, -0.2) is 4.79 Å². The Bertz CT molecular complexity index is 482. The van der Waals surface area contributed by atoms with Crippen molar-refractivity contribution in [3.05, 3.63) is 0 Å². The number of rotatable bonds is 5. The van der Waals surface area contributed by atoms with Gasteiger partial charge in [0.25, 0.3) is 0 Å². The molecule has 0 saturated heterocycles. The molecule has 0 aliphatic carbocycles. The molecule has 19 heavy (non-hydrogen) atoms. The molecule has 0 fully saturated rings. The first kappa shape index (κ1) is 17.8. The number of hydrogen-bond acceptors (Lipinski definition) is 3. The van der Waals surface area contributed by atoms with Gasteiger partial charge < -0.3 is 5.11 Å². The van der Waals surface area contributed by atoms with E-state index in [1.54, 1.807) is 0 Å². The van der Waals surface area contributed by atoms with Crippen LogP contribution in [0.25, 0.3) is 0 Å². The smallest absolute Gasteiger partial charge is 0.438 e. The maximum Gasteiger partial charge on any atom is 0.438 e. The predicted molar refractivity (Wildman–Crippen MR) is 39.0 cm³/mol. The number of halogens is 8. The highest BCUT2D eigenvalue weighted by molar-refractivity contribution is 7.87. The van der Waals surface area contributed by atoms with Gasteiger partial charge in [0.1, 0.15) is 0 Å². The van der Waals surface area contributed by atoms with Crippen molar-refractivity contribution < 1.29 is 58.0 Å². The minimum Gasteiger partial charge on any atom is -0.477 e. The lowest BCUT2D eigenvalue weighted by Crippen LogP contribution is -2.66. The van der Waals surface area contributed by atoms with Crippen molar-refractivity contribution in [2.75, 3.05) is 0 Å². The number of aliphatic carboxylic acids is 1. The zero-order chi connectivity index (χ0) is 16.1. The molecule has 0 heterocycles. The SMILES string of the molecule is O=C(O)C(F)(F)C(F)(F)C(F)(F)C(F)(F)S(=O)(=O)O. The fraction of sp³-hybridized carbons (Fsp3) is 0.800. The van der Waals surface area contributed by atoms with E-state index in [4.69, 9.17) is 9.66 Å². The van der Waals surface area contributed by atoms with Crippen molar-refractivity contribution in [3.63, 3.8) is 0 Å². The lowest BCUT2D eigenvalue weighted by molar-refractivity contribution is -0.341. The zero-order valence-electron chi connectivity index (χ0n) is 8.05. The van der Waals surface area contributed by atoms with Crippen LogP contribution in [0.4, 0.5) is 35.1 Å². The highest BCUT2D eigenvalue weighted by Crippen LogP contribution is 2.54. The summed E-state index contributed by atoms with van der Waals surface area (Å²) in [6.07, 6.45) is 0. The summed E-state index contributed by atoms with van der Waals surface area (Å²) >= 11 is 0. The fourth-order valence-electron chi connectivity index (χ4n) is 0.676. The van der Waals surface area contributed by atoms with E-state index >= 15 is 0 Å². The molecule has 0 atom stereocenters. The lowest BCUT2D eigenvalue weighted by atomic mass is 10.1. The van der Waals surface area contributed by atoms with E-state index < -0.39 is 39.1 Å². The van der Waals surface area contributed by atoms with E-state index in [1.165, 1.54) is 0 Å². The Kier molecular flexibility index (Phi) is 3.90. The Hall–Kier alpha value is -1.18. The number of carboxylic acid groups (broad SMARTS) is 1. The van der Waals surface area contributed by atoms with E-state index in [0.717, 1.165) is 0 Å². The van der Waals surface area contributed by atoms with Crippen molar-refractivity contribution in [1.82, 2.24) is 0 Å². The molecule has 0 aliphatic rings. The number of hydrogen-bond donors (Lipinski definition) is 2. The van der Waals surface area contributed by atoms with Crippen LogP contribution < -0.4 is 0 Å². The van der Waals surface area contributed by atoms with Crippen molar-refractivity contribution >= 4 is 16.1 Å². The Morgan fingerprint density at radius 2 is 1.16 bits per heavy atom. The molecule has 0 spiro atoms. The number of carbonyl (C=O) groups is 1. The van der Waals surface area contributed by atoms with E-state index in [2.05, 4.69) is 0 Å². The minimum absolute atomic E-state index is 3.90. The first-order valence-corrected chi connectivity index (χ1v) is 5.10. The van der Waals surface area contributed by atoms with E-state index in [-0.39, 0.29) is 0 Å². The Balaban J connectivity index is 6.14. The molecule has 0 unspecified atom stereocenters. The van der Waals surface area contributed by atoms with Gasteiger partial charge >= 0.3 is 39.1 Å². The summed E-state index contributed by atoms with van der Waals surface area (Å²) in [4.78, 5) is 9.67. The molecule has 14 heteroatoms. The predicted octanol–water partition coefficient (Wildman–Crippen LogP) is 1.46. The maximum atomic E-state index is 12.5. The van der Waals surface area contributed by atoms with Crippen LogP contribution in [0.15, 0.2) is 0 Å². The molecule has 114 valence electrons. The Labute approximate surface area is 98.1 Å². The second-order valence-corrected chi connectivity index (χ2v) is 4.48. The number of alkyl halides is 8. The zero-order valence-corrected chi connectivity index (χ0v) is 8.87. The fourth-order valence-corrected chi connectivity index (χ4v) is 1.13. The highest BCUT2D eigenvalue weighted by Gasteiger charge is 2.86. The molecule has 0 aromatic rings. The van der Waals surface area contributed by atoms with Crippen LogP contribution in [0.5, 0.6) is 0 Å². The van der Waals surface area contributed by atoms with E-state index in [0.29, 0.717) is 0 Å². The molecule has 0 amide bonds. The average Bonchev–Trinajstić information content (AvgIpc) is 2.14. The van der Waals surface area contributed by atoms with Crippen molar-refractivity contribution in [2.24, 2.45) is 0 Å². The van der Waals surface area contributed by atoms with Gasteiger partial charge in [0.2, 0.25) is 0 Å². The van der Waals surface area contributed by atoms with Gasteiger partial charge in [-0.1, -0.05) is 0 Å². The molecule has 0 radical (unpaired) electrons. The molecule has 0 aliphatic heterocycles. The molecular formula is C5H2F8O5S. The third kappa shape index (κ3) is 2.22. The largest absolute Gasteiger partial charge is 0.477 e. The minimum atomic E-state index is -7.39. The summed E-state index contributed by atoms with van der Waals surface area (Å²) in [5.74, 6) is -25.3.